The van der Waals surface area contributed by atoms with Crippen molar-refractivity contribution in [3.8, 4) is 0 Å². The minimum atomic E-state index is -0.283. The summed E-state index contributed by atoms with van der Waals surface area (Å²) in [6, 6.07) is 7.88. The number of hydrogen-bond donors (Lipinski definition) is 2. The maximum Gasteiger partial charge on any atom is 0.318 e. The number of nitrogens with one attached hydrogen (secondary N) is 1. The van der Waals surface area contributed by atoms with Crippen LogP contribution < -0.4 is 5.32 Å². The fourth-order valence-corrected chi connectivity index (χ4v) is 4.65. The molecule has 2 fully saturated rings. The van der Waals surface area contributed by atoms with Gasteiger partial charge in [-0.05, 0) is 30.9 Å². The quantitative estimate of drug-likeness (QED) is 0.772. The normalized spacial score (nSPS) is 24.6. The molecule has 1 aliphatic carbocycles. The maximum absolute atomic E-state index is 13.0. The van der Waals surface area contributed by atoms with Gasteiger partial charge in [-0.3, -0.25) is 4.79 Å². The van der Waals surface area contributed by atoms with Crippen molar-refractivity contribution in [3.05, 3.63) is 41.5 Å². The van der Waals surface area contributed by atoms with Gasteiger partial charge in [0.25, 0.3) is 0 Å². The molecule has 2 aliphatic rings. The highest BCUT2D eigenvalue weighted by molar-refractivity contribution is 5.78. The molecule has 6 nitrogen and oxygen atoms in total. The number of benzene rings is 1. The van der Waals surface area contributed by atoms with E-state index < -0.39 is 0 Å². The third kappa shape index (κ3) is 4.64. The van der Waals surface area contributed by atoms with E-state index in [1.54, 1.807) is 16.8 Å². The summed E-state index contributed by atoms with van der Waals surface area (Å²) in [6.07, 6.45) is 8.34. The second kappa shape index (κ2) is 9.44. The van der Waals surface area contributed by atoms with Gasteiger partial charge < -0.3 is 20.2 Å². The van der Waals surface area contributed by atoms with Crippen molar-refractivity contribution in [1.82, 2.24) is 15.1 Å². The molecule has 1 saturated carbocycles. The average Bonchev–Trinajstić information content (AvgIpc) is 3.19. The number of urea groups is 1. The van der Waals surface area contributed by atoms with E-state index in [1.165, 1.54) is 6.92 Å². The summed E-state index contributed by atoms with van der Waals surface area (Å²) in [5.41, 5.74) is 2.20. The number of rotatable bonds is 6. The number of aliphatic hydroxyl groups is 1. The van der Waals surface area contributed by atoms with Crippen molar-refractivity contribution >= 4 is 18.0 Å². The van der Waals surface area contributed by atoms with Crippen LogP contribution in [0.25, 0.3) is 6.08 Å². The molecule has 0 spiro atoms. The van der Waals surface area contributed by atoms with E-state index in [2.05, 4.69) is 29.6 Å². The van der Waals surface area contributed by atoms with Crippen LogP contribution in [-0.4, -0.2) is 65.2 Å². The number of likely N-dealkylation sites (tertiary alicyclic amines) is 1. The Bertz CT molecular complexity index is 740. The van der Waals surface area contributed by atoms with Crippen molar-refractivity contribution in [1.29, 1.82) is 0 Å². The molecule has 0 unspecified atom stereocenters. The highest BCUT2D eigenvalue weighted by Gasteiger charge is 2.51. The summed E-state index contributed by atoms with van der Waals surface area (Å²) in [5.74, 6) is -0.0356. The monoisotopic (exact) mass is 399 g/mol. The minimum Gasteiger partial charge on any atom is -0.394 e. The van der Waals surface area contributed by atoms with Crippen LogP contribution in [0.4, 0.5) is 4.79 Å². The molecule has 158 valence electrons. The summed E-state index contributed by atoms with van der Waals surface area (Å²) in [4.78, 5) is 28.3. The minimum absolute atomic E-state index is 0.00390. The molecule has 1 aromatic carbocycles. The highest BCUT2D eigenvalue weighted by atomic mass is 16.3. The molecule has 3 rings (SSSR count). The lowest BCUT2D eigenvalue weighted by molar-refractivity contribution is -0.129. The number of likely N-dealkylation sites (N-methyl/N-ethyl adjacent to an activating group) is 1. The Morgan fingerprint density at radius 3 is 2.41 bits per heavy atom. The first-order valence-corrected chi connectivity index (χ1v) is 10.6. The first-order valence-electron chi connectivity index (χ1n) is 10.6. The van der Waals surface area contributed by atoms with E-state index in [4.69, 9.17) is 0 Å². The molecule has 0 aromatic heterocycles. The lowest BCUT2D eigenvalue weighted by Crippen LogP contribution is -2.70. The number of nitrogens with zero attached hydrogens (tertiary/aromatic N) is 2. The average molecular weight is 400 g/mol. The van der Waals surface area contributed by atoms with Crippen LogP contribution in [0.5, 0.6) is 0 Å². The molecule has 29 heavy (non-hydrogen) atoms. The lowest BCUT2D eigenvalue weighted by atomic mass is 9.75. The number of amides is 3. The van der Waals surface area contributed by atoms with Gasteiger partial charge in [0.05, 0.1) is 18.7 Å². The van der Waals surface area contributed by atoms with Gasteiger partial charge in [-0.15, -0.1) is 0 Å². The molecular weight excluding hydrogens is 366 g/mol. The largest absolute Gasteiger partial charge is 0.394 e. The molecule has 1 aliphatic heterocycles. The maximum atomic E-state index is 13.0. The Labute approximate surface area is 173 Å². The third-order valence-corrected chi connectivity index (χ3v) is 6.33. The number of allylic oxidation sites excluding steroid dienone is 1. The molecular formula is C23H33N3O3. The summed E-state index contributed by atoms with van der Waals surface area (Å²) in [5, 5.41) is 13.2. The van der Waals surface area contributed by atoms with Crippen LogP contribution in [0.1, 0.15) is 56.6 Å². The lowest BCUT2D eigenvalue weighted by Gasteiger charge is -2.55. The van der Waals surface area contributed by atoms with Gasteiger partial charge in [0.15, 0.2) is 0 Å². The highest BCUT2D eigenvalue weighted by Crippen LogP contribution is 2.41. The topological polar surface area (TPSA) is 72.9 Å². The zero-order chi connectivity index (χ0) is 21.0. The van der Waals surface area contributed by atoms with Gasteiger partial charge in [0, 0.05) is 32.5 Å². The fourth-order valence-electron chi connectivity index (χ4n) is 4.65. The van der Waals surface area contributed by atoms with Gasteiger partial charge >= 0.3 is 6.03 Å². The van der Waals surface area contributed by atoms with Gasteiger partial charge in [-0.2, -0.15) is 0 Å². The zero-order valence-corrected chi connectivity index (χ0v) is 17.7. The molecule has 1 heterocycles. The second-order valence-corrected chi connectivity index (χ2v) is 8.25. The van der Waals surface area contributed by atoms with E-state index in [9.17, 15) is 14.7 Å². The predicted molar refractivity (Wildman–Crippen MR) is 114 cm³/mol. The van der Waals surface area contributed by atoms with Crippen LogP contribution in [0.3, 0.4) is 0 Å². The van der Waals surface area contributed by atoms with Crippen molar-refractivity contribution in [2.45, 2.75) is 63.6 Å². The van der Waals surface area contributed by atoms with Gasteiger partial charge in [0.1, 0.15) is 0 Å². The fraction of sp³-hybridized carbons (Fsp3) is 0.565. The van der Waals surface area contributed by atoms with E-state index in [-0.39, 0.29) is 42.6 Å². The number of carbonyl (C=O) groups is 2. The van der Waals surface area contributed by atoms with Crippen molar-refractivity contribution < 1.29 is 14.7 Å². The molecule has 3 atom stereocenters. The van der Waals surface area contributed by atoms with Crippen molar-refractivity contribution in [2.75, 3.05) is 20.2 Å². The molecule has 1 saturated heterocycles. The Hall–Kier alpha value is -2.34. The molecule has 6 heteroatoms. The van der Waals surface area contributed by atoms with Gasteiger partial charge in [0.2, 0.25) is 5.91 Å². The molecule has 1 aromatic rings. The van der Waals surface area contributed by atoms with Crippen LogP contribution in [0, 0.1) is 0 Å². The zero-order valence-electron chi connectivity index (χ0n) is 17.7. The summed E-state index contributed by atoms with van der Waals surface area (Å²) in [7, 11) is 1.76. The summed E-state index contributed by atoms with van der Waals surface area (Å²) >= 11 is 0. The predicted octanol–water partition coefficient (Wildman–Crippen LogP) is 2.98. The molecule has 0 radical (unpaired) electrons. The number of carbonyl (C=O) groups excluding carboxylic acids is 2. The van der Waals surface area contributed by atoms with Crippen LogP contribution in [0.2, 0.25) is 0 Å². The van der Waals surface area contributed by atoms with Gasteiger partial charge in [-0.1, -0.05) is 49.3 Å². The van der Waals surface area contributed by atoms with Crippen molar-refractivity contribution in [3.63, 3.8) is 0 Å². The van der Waals surface area contributed by atoms with Gasteiger partial charge in [-0.25, -0.2) is 4.79 Å². The summed E-state index contributed by atoms with van der Waals surface area (Å²) < 4.78 is 0. The smallest absolute Gasteiger partial charge is 0.318 e. The first kappa shape index (κ1) is 21.4. The SMILES string of the molecule is C/C=C/c1ccc([C@H]2[C@@H](CO)N(C(=O)NC3CCCC3)[C@H]2CN(C)C(C)=O)cc1. The van der Waals surface area contributed by atoms with E-state index in [0.29, 0.717) is 6.54 Å². The van der Waals surface area contributed by atoms with Crippen molar-refractivity contribution in [2.24, 2.45) is 0 Å². The third-order valence-electron chi connectivity index (χ3n) is 6.33. The van der Waals surface area contributed by atoms with Crippen LogP contribution in [-0.2, 0) is 4.79 Å². The Morgan fingerprint density at radius 2 is 1.86 bits per heavy atom. The Morgan fingerprint density at radius 1 is 1.21 bits per heavy atom. The Balaban J connectivity index is 1.82. The molecule has 0 bridgehead atoms. The molecule has 3 amide bonds. The van der Waals surface area contributed by atoms with Crippen LogP contribution in [0.15, 0.2) is 30.3 Å². The van der Waals surface area contributed by atoms with E-state index >= 15 is 0 Å². The summed E-state index contributed by atoms with van der Waals surface area (Å²) in [6.45, 7) is 3.87. The second-order valence-electron chi connectivity index (χ2n) is 8.25. The van der Waals surface area contributed by atoms with E-state index in [0.717, 1.165) is 36.8 Å². The van der Waals surface area contributed by atoms with E-state index in [1.807, 2.05) is 19.1 Å². The number of aliphatic hydroxyl groups excluding tert-OH is 1. The standard InChI is InChI=1S/C23H33N3O3/c1-4-7-17-10-12-18(13-11-17)22-20(14-25(3)16(2)28)26(21(22)15-27)23(29)24-19-8-5-6-9-19/h4,7,10-13,19-22,27H,5-6,8-9,14-15H2,1-3H3,(H,24,29)/b7-4+/t20-,21+,22+/m0/s1. The first-order chi connectivity index (χ1) is 14.0. The number of hydrogen-bond acceptors (Lipinski definition) is 3. The molecule has 2 N–H and O–H groups in total. The van der Waals surface area contributed by atoms with Crippen LogP contribution >= 0.6 is 0 Å². The Kier molecular flexibility index (Phi) is 6.96.